The fourth-order valence-corrected chi connectivity index (χ4v) is 3.00. The molecule has 1 nitrogen and oxygen atoms in total. The molecule has 1 aliphatic rings. The third kappa shape index (κ3) is 3.22. The maximum atomic E-state index is 12.6. The second kappa shape index (κ2) is 6.50. The molecule has 18 heavy (non-hydrogen) atoms. The maximum absolute atomic E-state index is 12.6. The Morgan fingerprint density at radius 3 is 2.78 bits per heavy atom. The number of Topliss-reactive ketones (excluding diaryl/α,β-unsaturated/α-hetero) is 1. The van der Waals surface area contributed by atoms with Gasteiger partial charge in [0.15, 0.2) is 5.78 Å². The van der Waals surface area contributed by atoms with E-state index in [0.717, 1.165) is 34.0 Å². The lowest BCUT2D eigenvalue weighted by Gasteiger charge is -2.12. The summed E-state index contributed by atoms with van der Waals surface area (Å²) in [6.45, 7) is 2.06. The zero-order valence-electron chi connectivity index (χ0n) is 10.8. The molecule has 0 saturated heterocycles. The molecular weight excluding hydrogens is 335 g/mol. The Morgan fingerprint density at radius 2 is 1.94 bits per heavy atom. The van der Waals surface area contributed by atoms with Crippen LogP contribution < -0.4 is 0 Å². The minimum atomic E-state index is 0.241. The molecule has 0 heterocycles. The molecule has 1 aromatic rings. The number of benzene rings is 1. The number of ketones is 1. The standard InChI is InChI=1S/C16H19IO/c1-12-8-7-11-14(15(12)17)16(18)13-9-5-3-2-4-6-10-13/h7-9,11H,2-6,10H2,1H3/b13-9+. The van der Waals surface area contributed by atoms with Crippen molar-refractivity contribution in [2.45, 2.75) is 45.4 Å². The lowest BCUT2D eigenvalue weighted by molar-refractivity contribution is 0.102. The molecule has 2 heteroatoms. The number of hydrogen-bond donors (Lipinski definition) is 0. The summed E-state index contributed by atoms with van der Waals surface area (Å²) in [5, 5.41) is 0. The largest absolute Gasteiger partial charge is 0.289 e. The molecule has 0 aromatic heterocycles. The van der Waals surface area contributed by atoms with E-state index in [9.17, 15) is 4.79 Å². The quantitative estimate of drug-likeness (QED) is 0.536. The Bertz CT molecular complexity index is 474. The Balaban J connectivity index is 2.26. The molecule has 0 unspecified atom stereocenters. The van der Waals surface area contributed by atoms with Crippen molar-refractivity contribution < 1.29 is 4.79 Å². The number of allylic oxidation sites excluding steroid dienone is 2. The van der Waals surface area contributed by atoms with Gasteiger partial charge in [0.1, 0.15) is 0 Å². The predicted octanol–water partition coefficient (Wildman–Crippen LogP) is 5.06. The van der Waals surface area contributed by atoms with Gasteiger partial charge in [-0.25, -0.2) is 0 Å². The Kier molecular flexibility index (Phi) is 4.98. The van der Waals surface area contributed by atoms with Crippen molar-refractivity contribution in [3.63, 3.8) is 0 Å². The molecule has 1 aliphatic carbocycles. The van der Waals surface area contributed by atoms with E-state index in [2.05, 4.69) is 41.7 Å². The summed E-state index contributed by atoms with van der Waals surface area (Å²) in [4.78, 5) is 12.6. The van der Waals surface area contributed by atoms with Crippen LogP contribution >= 0.6 is 22.6 Å². The van der Waals surface area contributed by atoms with Crippen LogP contribution in [0.4, 0.5) is 0 Å². The van der Waals surface area contributed by atoms with Gasteiger partial charge in [-0.1, -0.05) is 31.1 Å². The van der Waals surface area contributed by atoms with Gasteiger partial charge in [-0.2, -0.15) is 0 Å². The van der Waals surface area contributed by atoms with Gasteiger partial charge < -0.3 is 0 Å². The third-order valence-corrected chi connectivity index (χ3v) is 4.95. The van der Waals surface area contributed by atoms with Crippen molar-refractivity contribution in [3.8, 4) is 0 Å². The number of carbonyl (C=O) groups is 1. The molecular formula is C16H19IO. The van der Waals surface area contributed by atoms with Crippen LogP contribution in [0.1, 0.15) is 54.4 Å². The van der Waals surface area contributed by atoms with Crippen LogP contribution in [0.15, 0.2) is 29.8 Å². The maximum Gasteiger partial charge on any atom is 0.189 e. The number of halogens is 1. The van der Waals surface area contributed by atoms with Gasteiger partial charge in [0.05, 0.1) is 0 Å². The minimum absolute atomic E-state index is 0.241. The monoisotopic (exact) mass is 354 g/mol. The fourth-order valence-electron chi connectivity index (χ4n) is 2.39. The normalized spacial score (nSPS) is 19.6. The van der Waals surface area contributed by atoms with E-state index in [4.69, 9.17) is 0 Å². The highest BCUT2D eigenvalue weighted by atomic mass is 127. The van der Waals surface area contributed by atoms with Crippen molar-refractivity contribution in [2.24, 2.45) is 0 Å². The van der Waals surface area contributed by atoms with Gasteiger partial charge in [0, 0.05) is 9.13 Å². The first-order valence-corrected chi connectivity index (χ1v) is 7.77. The van der Waals surface area contributed by atoms with Crippen LogP contribution in [-0.4, -0.2) is 5.78 Å². The molecule has 0 atom stereocenters. The van der Waals surface area contributed by atoms with Crippen molar-refractivity contribution >= 4 is 28.4 Å². The van der Waals surface area contributed by atoms with E-state index in [1.54, 1.807) is 0 Å². The predicted molar refractivity (Wildman–Crippen MR) is 84.0 cm³/mol. The van der Waals surface area contributed by atoms with E-state index in [1.807, 2.05) is 12.1 Å². The van der Waals surface area contributed by atoms with Crippen LogP contribution in [0.3, 0.4) is 0 Å². The minimum Gasteiger partial charge on any atom is -0.289 e. The second-order valence-electron chi connectivity index (χ2n) is 4.95. The summed E-state index contributed by atoms with van der Waals surface area (Å²) in [5.74, 6) is 0.241. The van der Waals surface area contributed by atoms with Crippen LogP contribution in [-0.2, 0) is 0 Å². The Hall–Kier alpha value is -0.640. The van der Waals surface area contributed by atoms with E-state index >= 15 is 0 Å². The van der Waals surface area contributed by atoms with Gasteiger partial charge >= 0.3 is 0 Å². The average Bonchev–Trinajstić information content (AvgIpc) is 2.31. The summed E-state index contributed by atoms with van der Waals surface area (Å²) in [6.07, 6.45) is 9.11. The summed E-state index contributed by atoms with van der Waals surface area (Å²) in [6, 6.07) is 6.00. The van der Waals surface area contributed by atoms with Crippen molar-refractivity contribution in [1.82, 2.24) is 0 Å². The first-order chi connectivity index (χ1) is 8.70. The van der Waals surface area contributed by atoms with E-state index in [0.29, 0.717) is 0 Å². The van der Waals surface area contributed by atoms with Crippen LogP contribution in [0.25, 0.3) is 0 Å². The molecule has 0 bridgehead atoms. The Morgan fingerprint density at radius 1 is 1.17 bits per heavy atom. The highest BCUT2D eigenvalue weighted by Crippen LogP contribution is 2.24. The SMILES string of the molecule is Cc1cccc(C(=O)/C2=C/CCCCCC2)c1I. The highest BCUT2D eigenvalue weighted by molar-refractivity contribution is 14.1. The van der Waals surface area contributed by atoms with E-state index in [1.165, 1.54) is 24.8 Å². The van der Waals surface area contributed by atoms with E-state index in [-0.39, 0.29) is 5.78 Å². The van der Waals surface area contributed by atoms with Gasteiger partial charge in [-0.15, -0.1) is 0 Å². The van der Waals surface area contributed by atoms with Gasteiger partial charge in [0.2, 0.25) is 0 Å². The molecule has 0 N–H and O–H groups in total. The number of hydrogen-bond acceptors (Lipinski definition) is 1. The smallest absolute Gasteiger partial charge is 0.189 e. The lowest BCUT2D eigenvalue weighted by atomic mass is 9.93. The molecule has 1 aromatic carbocycles. The average molecular weight is 354 g/mol. The molecule has 0 saturated carbocycles. The number of carbonyl (C=O) groups excluding carboxylic acids is 1. The molecule has 2 rings (SSSR count). The second-order valence-corrected chi connectivity index (χ2v) is 6.03. The van der Waals surface area contributed by atoms with Crippen LogP contribution in [0.5, 0.6) is 0 Å². The molecule has 0 spiro atoms. The van der Waals surface area contributed by atoms with Gasteiger partial charge in [-0.3, -0.25) is 4.79 Å². The van der Waals surface area contributed by atoms with Crippen molar-refractivity contribution in [3.05, 3.63) is 44.5 Å². The summed E-state index contributed by atoms with van der Waals surface area (Å²) < 4.78 is 1.10. The lowest BCUT2D eigenvalue weighted by Crippen LogP contribution is -2.08. The van der Waals surface area contributed by atoms with Gasteiger partial charge in [0.25, 0.3) is 0 Å². The Labute approximate surface area is 123 Å². The zero-order chi connectivity index (χ0) is 13.0. The number of rotatable bonds is 2. The fraction of sp³-hybridized carbons (Fsp3) is 0.438. The van der Waals surface area contributed by atoms with Gasteiger partial charge in [-0.05, 0) is 72.4 Å². The van der Waals surface area contributed by atoms with Crippen LogP contribution in [0, 0.1) is 10.5 Å². The molecule has 0 radical (unpaired) electrons. The molecule has 0 fully saturated rings. The molecule has 0 aliphatic heterocycles. The first-order valence-electron chi connectivity index (χ1n) is 6.69. The topological polar surface area (TPSA) is 17.1 Å². The van der Waals surface area contributed by atoms with E-state index < -0.39 is 0 Å². The zero-order valence-corrected chi connectivity index (χ0v) is 13.0. The summed E-state index contributed by atoms with van der Waals surface area (Å²) in [7, 11) is 0. The number of aryl methyl sites for hydroxylation is 1. The van der Waals surface area contributed by atoms with Crippen molar-refractivity contribution in [1.29, 1.82) is 0 Å². The highest BCUT2D eigenvalue weighted by Gasteiger charge is 2.16. The molecule has 96 valence electrons. The summed E-state index contributed by atoms with van der Waals surface area (Å²) in [5.41, 5.74) is 3.09. The van der Waals surface area contributed by atoms with Crippen LogP contribution in [0.2, 0.25) is 0 Å². The van der Waals surface area contributed by atoms with Crippen molar-refractivity contribution in [2.75, 3.05) is 0 Å². The summed E-state index contributed by atoms with van der Waals surface area (Å²) >= 11 is 2.29. The molecule has 0 amide bonds. The third-order valence-electron chi connectivity index (χ3n) is 3.52. The first kappa shape index (κ1) is 13.8.